The predicted octanol–water partition coefficient (Wildman–Crippen LogP) is 3.69. The van der Waals surface area contributed by atoms with Crippen LogP contribution in [0.2, 0.25) is 0 Å². The van der Waals surface area contributed by atoms with Crippen LogP contribution in [0.25, 0.3) is 0 Å². The predicted molar refractivity (Wildman–Crippen MR) is 116 cm³/mol. The van der Waals surface area contributed by atoms with Crippen LogP contribution in [-0.4, -0.2) is 60.4 Å². The second kappa shape index (κ2) is 11.4. The number of hydrogen-bond acceptors (Lipinski definition) is 5. The van der Waals surface area contributed by atoms with Crippen molar-refractivity contribution in [3.63, 3.8) is 0 Å². The number of carbonyl (C=O) groups excluding carboxylic acids is 3. The third kappa shape index (κ3) is 10.2. The van der Waals surface area contributed by atoms with Crippen LogP contribution < -0.4 is 10.6 Å². The van der Waals surface area contributed by atoms with E-state index in [1.807, 2.05) is 48.5 Å². The molecule has 0 unspecified atom stereocenters. The number of amides is 3. The van der Waals surface area contributed by atoms with Crippen molar-refractivity contribution in [2.45, 2.75) is 85.4 Å². The van der Waals surface area contributed by atoms with Gasteiger partial charge in [-0.05, 0) is 73.6 Å². The molecule has 0 radical (unpaired) electrons. The summed E-state index contributed by atoms with van der Waals surface area (Å²) in [5.74, 6) is -0.444. The highest BCUT2D eigenvalue weighted by molar-refractivity contribution is 5.74. The van der Waals surface area contributed by atoms with E-state index in [4.69, 9.17) is 9.47 Å². The average molecular weight is 428 g/mol. The Hall–Kier alpha value is -1.99. The number of hydrogen-bond donors (Lipinski definition) is 2. The number of nitrogens with zero attached hydrogens (tertiary/aromatic N) is 1. The lowest BCUT2D eigenvalue weighted by atomic mass is 9.87. The fourth-order valence-electron chi connectivity index (χ4n) is 3.45. The Morgan fingerprint density at radius 2 is 1.63 bits per heavy atom. The van der Waals surface area contributed by atoms with Crippen molar-refractivity contribution in [1.82, 2.24) is 15.5 Å². The molecular formula is C22H41N3O5. The minimum atomic E-state index is -0.557. The molecule has 0 spiro atoms. The van der Waals surface area contributed by atoms with Crippen molar-refractivity contribution < 1.29 is 23.9 Å². The van der Waals surface area contributed by atoms with E-state index in [2.05, 4.69) is 10.6 Å². The zero-order valence-electron chi connectivity index (χ0n) is 19.8. The summed E-state index contributed by atoms with van der Waals surface area (Å²) < 4.78 is 11.1. The molecule has 1 aliphatic rings. The summed E-state index contributed by atoms with van der Waals surface area (Å²) in [6.07, 6.45) is 2.65. The van der Waals surface area contributed by atoms with Crippen molar-refractivity contribution in [2.24, 2.45) is 11.8 Å². The Labute approximate surface area is 181 Å². The van der Waals surface area contributed by atoms with E-state index in [1.165, 1.54) is 0 Å². The Morgan fingerprint density at radius 3 is 2.20 bits per heavy atom. The molecular weight excluding hydrogens is 386 g/mol. The summed E-state index contributed by atoms with van der Waals surface area (Å²) in [6.45, 7) is 15.2. The molecule has 0 bridgehead atoms. The molecule has 0 saturated carbocycles. The Morgan fingerprint density at radius 1 is 1.00 bits per heavy atom. The van der Waals surface area contributed by atoms with Gasteiger partial charge in [0.2, 0.25) is 0 Å². The van der Waals surface area contributed by atoms with Crippen LogP contribution in [0.15, 0.2) is 0 Å². The second-order valence-corrected chi connectivity index (χ2v) is 9.90. The third-order valence-electron chi connectivity index (χ3n) is 4.72. The fourth-order valence-corrected chi connectivity index (χ4v) is 3.45. The lowest BCUT2D eigenvalue weighted by Crippen LogP contribution is -2.37. The van der Waals surface area contributed by atoms with Gasteiger partial charge < -0.3 is 25.0 Å². The highest BCUT2D eigenvalue weighted by atomic mass is 16.6. The molecule has 0 aliphatic carbocycles. The molecule has 8 heteroatoms. The van der Waals surface area contributed by atoms with Crippen LogP contribution in [0.4, 0.5) is 9.59 Å². The highest BCUT2D eigenvalue weighted by Crippen LogP contribution is 2.31. The van der Waals surface area contributed by atoms with Crippen molar-refractivity contribution >= 4 is 18.1 Å². The Kier molecular flexibility index (Phi) is 9.91. The lowest BCUT2D eigenvalue weighted by molar-refractivity contribution is -0.162. The van der Waals surface area contributed by atoms with Crippen LogP contribution in [0.1, 0.15) is 74.1 Å². The van der Waals surface area contributed by atoms with Crippen molar-refractivity contribution in [2.75, 3.05) is 26.2 Å². The van der Waals surface area contributed by atoms with Gasteiger partial charge >= 0.3 is 18.1 Å². The van der Waals surface area contributed by atoms with Crippen LogP contribution in [0.3, 0.4) is 0 Å². The van der Waals surface area contributed by atoms with Gasteiger partial charge in [0.1, 0.15) is 11.2 Å². The van der Waals surface area contributed by atoms with Crippen molar-refractivity contribution in [1.29, 1.82) is 0 Å². The molecule has 1 heterocycles. The summed E-state index contributed by atoms with van der Waals surface area (Å²) >= 11 is 0. The van der Waals surface area contributed by atoms with Gasteiger partial charge in [-0.25, -0.2) is 9.59 Å². The molecule has 1 saturated heterocycles. The Balaban J connectivity index is 2.65. The van der Waals surface area contributed by atoms with Gasteiger partial charge in [0.25, 0.3) is 0 Å². The fraction of sp³-hybridized carbons (Fsp3) is 0.864. The Bertz CT molecular complexity index is 580. The molecule has 1 rings (SSSR count). The maximum Gasteiger partial charge on any atom is 0.410 e. The van der Waals surface area contributed by atoms with Gasteiger partial charge in [0, 0.05) is 26.2 Å². The number of esters is 1. The van der Waals surface area contributed by atoms with Crippen molar-refractivity contribution in [3.05, 3.63) is 0 Å². The van der Waals surface area contributed by atoms with E-state index in [-0.39, 0.29) is 29.9 Å². The monoisotopic (exact) mass is 427 g/mol. The molecule has 174 valence electrons. The molecule has 0 aromatic rings. The number of urea groups is 1. The number of ether oxygens (including phenoxy) is 2. The van der Waals surface area contributed by atoms with Gasteiger partial charge in [0.05, 0.1) is 5.92 Å². The van der Waals surface area contributed by atoms with Crippen LogP contribution in [0, 0.1) is 11.8 Å². The first-order valence-corrected chi connectivity index (χ1v) is 11.0. The molecule has 0 aromatic heterocycles. The largest absolute Gasteiger partial charge is 0.460 e. The first-order chi connectivity index (χ1) is 13.8. The first kappa shape index (κ1) is 26.0. The van der Waals surface area contributed by atoms with Gasteiger partial charge in [-0.3, -0.25) is 4.79 Å². The molecule has 0 aromatic carbocycles. The van der Waals surface area contributed by atoms with E-state index in [9.17, 15) is 14.4 Å². The lowest BCUT2D eigenvalue weighted by Gasteiger charge is -2.28. The third-order valence-corrected chi connectivity index (χ3v) is 4.72. The molecule has 1 fully saturated rings. The standard InChI is InChI=1S/C22H41N3O5/c1-8-23-19(27)24-13-10-9-11-17(18(26)29-21(2,3)4)16-12-14-25(15-16)20(28)30-22(5,6)7/h16-17H,8-15H2,1-7H3,(H2,23,24,27)/t16-,17-/m0/s1. The van der Waals surface area contributed by atoms with E-state index in [1.54, 1.807) is 4.90 Å². The SMILES string of the molecule is CCNC(=O)NCCCC[C@H](C(=O)OC(C)(C)C)[C@H]1CCN(C(=O)OC(C)(C)C)C1. The maximum atomic E-state index is 12.9. The summed E-state index contributed by atoms with van der Waals surface area (Å²) in [7, 11) is 0. The first-order valence-electron chi connectivity index (χ1n) is 11.0. The number of likely N-dealkylation sites (tertiary alicyclic amines) is 1. The summed E-state index contributed by atoms with van der Waals surface area (Å²) in [4.78, 5) is 38.4. The van der Waals surface area contributed by atoms with E-state index >= 15 is 0 Å². The minimum absolute atomic E-state index is 0.0451. The number of rotatable bonds is 8. The maximum absolute atomic E-state index is 12.9. The van der Waals surface area contributed by atoms with Gasteiger partial charge in [-0.15, -0.1) is 0 Å². The van der Waals surface area contributed by atoms with Crippen LogP contribution in [-0.2, 0) is 14.3 Å². The molecule has 1 aliphatic heterocycles. The molecule has 2 N–H and O–H groups in total. The zero-order valence-corrected chi connectivity index (χ0v) is 19.8. The quantitative estimate of drug-likeness (QED) is 0.455. The van der Waals surface area contributed by atoms with Crippen LogP contribution in [0.5, 0.6) is 0 Å². The van der Waals surface area contributed by atoms with Gasteiger partial charge in [0.15, 0.2) is 0 Å². The summed E-state index contributed by atoms with van der Waals surface area (Å²) in [6, 6.07) is -0.176. The summed E-state index contributed by atoms with van der Waals surface area (Å²) in [5.41, 5.74) is -1.10. The van der Waals surface area contributed by atoms with Crippen LogP contribution >= 0.6 is 0 Å². The topological polar surface area (TPSA) is 97.0 Å². The number of nitrogens with one attached hydrogen (secondary N) is 2. The smallest absolute Gasteiger partial charge is 0.410 e. The number of carbonyl (C=O) groups is 3. The highest BCUT2D eigenvalue weighted by Gasteiger charge is 2.38. The number of unbranched alkanes of at least 4 members (excludes halogenated alkanes) is 1. The molecule has 8 nitrogen and oxygen atoms in total. The molecule has 3 amide bonds. The van der Waals surface area contributed by atoms with E-state index < -0.39 is 11.2 Å². The minimum Gasteiger partial charge on any atom is -0.460 e. The van der Waals surface area contributed by atoms with Gasteiger partial charge in [-0.2, -0.15) is 0 Å². The van der Waals surface area contributed by atoms with Gasteiger partial charge in [-0.1, -0.05) is 6.42 Å². The second-order valence-electron chi connectivity index (χ2n) is 9.90. The van der Waals surface area contributed by atoms with E-state index in [0.29, 0.717) is 32.6 Å². The molecule has 30 heavy (non-hydrogen) atoms. The molecule has 2 atom stereocenters. The average Bonchev–Trinajstić information content (AvgIpc) is 3.04. The zero-order chi connectivity index (χ0) is 22.9. The summed E-state index contributed by atoms with van der Waals surface area (Å²) in [5, 5.41) is 5.49. The van der Waals surface area contributed by atoms with Crippen molar-refractivity contribution in [3.8, 4) is 0 Å². The normalized spacial score (nSPS) is 18.0. The van der Waals surface area contributed by atoms with E-state index in [0.717, 1.165) is 19.3 Å².